The number of methoxy groups -OCH3 is 1. The Hall–Kier alpha value is -2.90. The molecule has 8 heteroatoms. The number of ether oxygens (including phenoxy) is 1. The number of anilines is 1. The van der Waals surface area contributed by atoms with Crippen molar-refractivity contribution in [2.24, 2.45) is 0 Å². The lowest BCUT2D eigenvalue weighted by Crippen LogP contribution is -2.20. The molecule has 2 rings (SSSR count). The largest absolute Gasteiger partial charge is 0.497 e. The highest BCUT2D eigenvalue weighted by Gasteiger charge is 2.17. The van der Waals surface area contributed by atoms with Gasteiger partial charge in [-0.25, -0.2) is 9.67 Å². The van der Waals surface area contributed by atoms with Crippen molar-refractivity contribution in [3.8, 4) is 5.75 Å². The molecule has 1 atom stereocenters. The number of carbonyl (C=O) groups is 2. The minimum absolute atomic E-state index is 0.0704. The van der Waals surface area contributed by atoms with Crippen molar-refractivity contribution in [1.82, 2.24) is 14.8 Å². The van der Waals surface area contributed by atoms with Crippen molar-refractivity contribution in [2.45, 2.75) is 19.4 Å². The summed E-state index contributed by atoms with van der Waals surface area (Å²) in [7, 11) is 1.56. The minimum Gasteiger partial charge on any atom is -0.497 e. The van der Waals surface area contributed by atoms with Gasteiger partial charge in [-0.2, -0.15) is 0 Å². The monoisotopic (exact) mass is 304 g/mol. The zero-order valence-electron chi connectivity index (χ0n) is 12.2. The lowest BCUT2D eigenvalue weighted by molar-refractivity contribution is -0.137. The van der Waals surface area contributed by atoms with Crippen LogP contribution in [0.15, 0.2) is 30.6 Å². The Labute approximate surface area is 126 Å². The highest BCUT2D eigenvalue weighted by atomic mass is 16.5. The number of carbonyl (C=O) groups excluding carboxylic acids is 1. The Bertz CT molecular complexity index is 683. The highest BCUT2D eigenvalue weighted by molar-refractivity contribution is 5.94. The van der Waals surface area contributed by atoms with Gasteiger partial charge in [-0.05, 0) is 24.6 Å². The summed E-state index contributed by atoms with van der Waals surface area (Å²) in [6.45, 7) is 1.44. The predicted octanol–water partition coefficient (Wildman–Crippen LogP) is 1.11. The first-order valence-corrected chi connectivity index (χ1v) is 6.55. The van der Waals surface area contributed by atoms with Crippen LogP contribution in [0.25, 0.3) is 0 Å². The topological polar surface area (TPSA) is 106 Å². The SMILES string of the molecule is COc1cccc(C(C)C(=O)Nc2ncn(CC(=O)O)n2)c1. The highest BCUT2D eigenvalue weighted by Crippen LogP contribution is 2.21. The van der Waals surface area contributed by atoms with E-state index >= 15 is 0 Å². The molecule has 1 heterocycles. The van der Waals surface area contributed by atoms with Crippen molar-refractivity contribution < 1.29 is 19.4 Å². The molecule has 0 aliphatic heterocycles. The number of amides is 1. The van der Waals surface area contributed by atoms with E-state index < -0.39 is 11.9 Å². The molecule has 0 bridgehead atoms. The van der Waals surface area contributed by atoms with Gasteiger partial charge in [0.25, 0.3) is 0 Å². The van der Waals surface area contributed by atoms with Gasteiger partial charge in [0.1, 0.15) is 18.6 Å². The second-order valence-electron chi connectivity index (χ2n) is 4.65. The number of hydrogen-bond donors (Lipinski definition) is 2. The molecule has 1 aromatic carbocycles. The maximum atomic E-state index is 12.2. The van der Waals surface area contributed by atoms with Gasteiger partial charge in [-0.15, -0.1) is 5.10 Å². The van der Waals surface area contributed by atoms with Gasteiger partial charge in [0, 0.05) is 0 Å². The van der Waals surface area contributed by atoms with Crippen LogP contribution in [0, 0.1) is 0 Å². The molecule has 0 saturated heterocycles. The zero-order chi connectivity index (χ0) is 16.1. The Morgan fingerprint density at radius 2 is 2.23 bits per heavy atom. The van der Waals surface area contributed by atoms with Crippen LogP contribution in [0.5, 0.6) is 5.75 Å². The number of benzene rings is 1. The molecule has 116 valence electrons. The lowest BCUT2D eigenvalue weighted by atomic mass is 10.0. The van der Waals surface area contributed by atoms with Crippen molar-refractivity contribution in [2.75, 3.05) is 12.4 Å². The molecule has 22 heavy (non-hydrogen) atoms. The minimum atomic E-state index is -1.03. The Morgan fingerprint density at radius 1 is 1.45 bits per heavy atom. The number of carboxylic acids is 1. The normalized spacial score (nSPS) is 11.7. The first-order chi connectivity index (χ1) is 10.5. The molecule has 2 aromatic rings. The van der Waals surface area contributed by atoms with Crippen LogP contribution in [0.4, 0.5) is 5.95 Å². The predicted molar refractivity (Wildman–Crippen MR) is 77.7 cm³/mol. The molecule has 0 saturated carbocycles. The number of aliphatic carboxylic acids is 1. The van der Waals surface area contributed by atoms with Crippen LogP contribution in [0.1, 0.15) is 18.4 Å². The van der Waals surface area contributed by atoms with Gasteiger partial charge < -0.3 is 9.84 Å². The second kappa shape index (κ2) is 6.70. The summed E-state index contributed by atoms with van der Waals surface area (Å²) in [4.78, 5) is 26.6. The summed E-state index contributed by atoms with van der Waals surface area (Å²) in [6, 6.07) is 7.20. The van der Waals surface area contributed by atoms with E-state index in [1.54, 1.807) is 32.2 Å². The standard InChI is InChI=1S/C14H16N4O4/c1-9(10-4-3-5-11(6-10)22-2)13(21)16-14-15-8-18(17-14)7-12(19)20/h3-6,8-9H,7H2,1-2H3,(H,19,20)(H,16,17,21). The third-order valence-corrected chi connectivity index (χ3v) is 3.06. The van der Waals surface area contributed by atoms with E-state index in [-0.39, 0.29) is 18.4 Å². The fourth-order valence-corrected chi connectivity index (χ4v) is 1.85. The van der Waals surface area contributed by atoms with E-state index in [2.05, 4.69) is 15.4 Å². The summed E-state index contributed by atoms with van der Waals surface area (Å²) in [6.07, 6.45) is 1.25. The average molecular weight is 304 g/mol. The molecule has 0 fully saturated rings. The van der Waals surface area contributed by atoms with Gasteiger partial charge in [0.05, 0.1) is 13.0 Å². The molecule has 8 nitrogen and oxygen atoms in total. The molecule has 0 spiro atoms. The average Bonchev–Trinajstić information content (AvgIpc) is 2.92. The quantitative estimate of drug-likeness (QED) is 0.828. The van der Waals surface area contributed by atoms with Crippen molar-refractivity contribution in [3.05, 3.63) is 36.2 Å². The molecule has 1 unspecified atom stereocenters. The molecular weight excluding hydrogens is 288 g/mol. The molecule has 0 radical (unpaired) electrons. The Balaban J connectivity index is 2.04. The van der Waals surface area contributed by atoms with E-state index in [4.69, 9.17) is 9.84 Å². The summed E-state index contributed by atoms with van der Waals surface area (Å²) < 4.78 is 6.26. The van der Waals surface area contributed by atoms with Crippen LogP contribution in [0.3, 0.4) is 0 Å². The lowest BCUT2D eigenvalue weighted by Gasteiger charge is -2.11. The summed E-state index contributed by atoms with van der Waals surface area (Å²) in [5, 5.41) is 15.1. The van der Waals surface area contributed by atoms with Gasteiger partial charge in [-0.3, -0.25) is 14.9 Å². The maximum absolute atomic E-state index is 12.2. The van der Waals surface area contributed by atoms with Crippen LogP contribution >= 0.6 is 0 Å². The van der Waals surface area contributed by atoms with E-state index in [0.717, 1.165) is 10.2 Å². The number of nitrogens with zero attached hydrogens (tertiary/aromatic N) is 3. The molecule has 2 N–H and O–H groups in total. The number of rotatable bonds is 6. The van der Waals surface area contributed by atoms with E-state index in [1.165, 1.54) is 6.33 Å². The molecular formula is C14H16N4O4. The van der Waals surface area contributed by atoms with Crippen LogP contribution in [-0.2, 0) is 16.1 Å². The number of hydrogen-bond acceptors (Lipinski definition) is 5. The third-order valence-electron chi connectivity index (χ3n) is 3.06. The molecule has 1 aromatic heterocycles. The fourth-order valence-electron chi connectivity index (χ4n) is 1.85. The van der Waals surface area contributed by atoms with E-state index in [0.29, 0.717) is 5.75 Å². The Morgan fingerprint density at radius 3 is 2.91 bits per heavy atom. The Kier molecular flexibility index (Phi) is 4.72. The van der Waals surface area contributed by atoms with Gasteiger partial charge in [0.2, 0.25) is 11.9 Å². The van der Waals surface area contributed by atoms with E-state index in [1.807, 2.05) is 6.07 Å². The fraction of sp³-hybridized carbons (Fsp3) is 0.286. The summed E-state index contributed by atoms with van der Waals surface area (Å²) in [5.74, 6) is -1.02. The van der Waals surface area contributed by atoms with E-state index in [9.17, 15) is 9.59 Å². The van der Waals surface area contributed by atoms with Crippen LogP contribution in [-0.4, -0.2) is 38.9 Å². The molecule has 0 aliphatic rings. The summed E-state index contributed by atoms with van der Waals surface area (Å²) in [5.41, 5.74) is 0.793. The number of carboxylic acid groups (broad SMARTS) is 1. The molecule has 1 amide bonds. The van der Waals surface area contributed by atoms with Crippen molar-refractivity contribution >= 4 is 17.8 Å². The number of aromatic nitrogens is 3. The number of nitrogens with one attached hydrogen (secondary N) is 1. The zero-order valence-corrected chi connectivity index (χ0v) is 12.2. The third kappa shape index (κ3) is 3.81. The van der Waals surface area contributed by atoms with Gasteiger partial charge in [0.15, 0.2) is 0 Å². The maximum Gasteiger partial charge on any atom is 0.325 e. The first kappa shape index (κ1) is 15.5. The van der Waals surface area contributed by atoms with Crippen molar-refractivity contribution in [3.63, 3.8) is 0 Å². The first-order valence-electron chi connectivity index (χ1n) is 6.55. The summed E-state index contributed by atoms with van der Waals surface area (Å²) >= 11 is 0. The second-order valence-corrected chi connectivity index (χ2v) is 4.65. The van der Waals surface area contributed by atoms with Crippen LogP contribution in [0.2, 0.25) is 0 Å². The molecule has 0 aliphatic carbocycles. The smallest absolute Gasteiger partial charge is 0.325 e. The van der Waals surface area contributed by atoms with Crippen molar-refractivity contribution in [1.29, 1.82) is 0 Å². The van der Waals surface area contributed by atoms with Gasteiger partial charge >= 0.3 is 5.97 Å². The van der Waals surface area contributed by atoms with Crippen LogP contribution < -0.4 is 10.1 Å². The van der Waals surface area contributed by atoms with Gasteiger partial charge in [-0.1, -0.05) is 12.1 Å².